The minimum Gasteiger partial charge on any atom is -0.491 e. The number of fused-ring (bicyclic) bond motifs is 1. The third-order valence-corrected chi connectivity index (χ3v) is 2.50. The van der Waals surface area contributed by atoms with E-state index in [-0.39, 0.29) is 18.5 Å². The number of carbonyl (C=O) groups is 1. The van der Waals surface area contributed by atoms with Crippen molar-refractivity contribution in [1.29, 1.82) is 0 Å². The lowest BCUT2D eigenvalue weighted by Crippen LogP contribution is -2.09. The lowest BCUT2D eigenvalue weighted by molar-refractivity contribution is 0.0788. The van der Waals surface area contributed by atoms with Crippen LogP contribution in [-0.4, -0.2) is 25.1 Å². The van der Waals surface area contributed by atoms with Crippen molar-refractivity contribution in [3.05, 3.63) is 29.3 Å². The summed E-state index contributed by atoms with van der Waals surface area (Å²) in [5, 5.41) is 0. The van der Waals surface area contributed by atoms with Gasteiger partial charge < -0.3 is 9.47 Å². The molecule has 0 bridgehead atoms. The number of rotatable bonds is 2. The SMILES string of the molecule is CC(C)Oc1ccc2c(c1)C(=O)COCC2. The molecular formula is C13H16O3. The van der Waals surface area contributed by atoms with Crippen molar-refractivity contribution in [2.45, 2.75) is 26.4 Å². The van der Waals surface area contributed by atoms with Gasteiger partial charge in [0.1, 0.15) is 12.4 Å². The summed E-state index contributed by atoms with van der Waals surface area (Å²) in [7, 11) is 0. The molecule has 0 spiro atoms. The molecule has 16 heavy (non-hydrogen) atoms. The fraction of sp³-hybridized carbons (Fsp3) is 0.462. The quantitative estimate of drug-likeness (QED) is 0.766. The highest BCUT2D eigenvalue weighted by Crippen LogP contribution is 2.21. The maximum Gasteiger partial charge on any atom is 0.188 e. The lowest BCUT2D eigenvalue weighted by atomic mass is 10.0. The van der Waals surface area contributed by atoms with E-state index in [0.29, 0.717) is 6.61 Å². The van der Waals surface area contributed by atoms with Crippen LogP contribution in [0.3, 0.4) is 0 Å². The summed E-state index contributed by atoms with van der Waals surface area (Å²) in [6.07, 6.45) is 0.915. The van der Waals surface area contributed by atoms with Crippen LogP contribution >= 0.6 is 0 Å². The minimum absolute atomic E-state index is 0.0432. The van der Waals surface area contributed by atoms with E-state index in [2.05, 4.69) is 0 Å². The van der Waals surface area contributed by atoms with Gasteiger partial charge in [-0.1, -0.05) is 6.07 Å². The van der Waals surface area contributed by atoms with E-state index in [1.54, 1.807) is 0 Å². The van der Waals surface area contributed by atoms with Gasteiger partial charge in [-0.2, -0.15) is 0 Å². The van der Waals surface area contributed by atoms with Crippen LogP contribution in [0.5, 0.6) is 5.75 Å². The molecule has 2 rings (SSSR count). The molecule has 0 radical (unpaired) electrons. The van der Waals surface area contributed by atoms with Crippen LogP contribution in [0.1, 0.15) is 29.8 Å². The molecular weight excluding hydrogens is 204 g/mol. The van der Waals surface area contributed by atoms with Crippen molar-refractivity contribution < 1.29 is 14.3 Å². The first-order valence-corrected chi connectivity index (χ1v) is 5.57. The molecule has 3 heteroatoms. The molecule has 1 aromatic carbocycles. The van der Waals surface area contributed by atoms with E-state index in [1.165, 1.54) is 0 Å². The Morgan fingerprint density at radius 2 is 2.19 bits per heavy atom. The highest BCUT2D eigenvalue weighted by atomic mass is 16.5. The number of Topliss-reactive ketones (excluding diaryl/α,β-unsaturated/α-hetero) is 1. The number of benzene rings is 1. The molecule has 1 heterocycles. The molecule has 0 aromatic heterocycles. The first kappa shape index (κ1) is 11.1. The molecule has 0 aliphatic carbocycles. The molecule has 3 nitrogen and oxygen atoms in total. The lowest BCUT2D eigenvalue weighted by Gasteiger charge is -2.11. The fourth-order valence-electron chi connectivity index (χ4n) is 1.80. The Labute approximate surface area is 95.4 Å². The van der Waals surface area contributed by atoms with Gasteiger partial charge in [0.2, 0.25) is 0 Å². The topological polar surface area (TPSA) is 35.5 Å². The van der Waals surface area contributed by atoms with E-state index in [9.17, 15) is 4.79 Å². The molecule has 0 atom stereocenters. The van der Waals surface area contributed by atoms with Gasteiger partial charge in [-0.3, -0.25) is 4.79 Å². The van der Waals surface area contributed by atoms with E-state index in [4.69, 9.17) is 9.47 Å². The van der Waals surface area contributed by atoms with Crippen molar-refractivity contribution in [2.24, 2.45) is 0 Å². The Morgan fingerprint density at radius 1 is 1.38 bits per heavy atom. The number of ether oxygens (including phenoxy) is 2. The molecule has 0 saturated carbocycles. The molecule has 1 aliphatic rings. The van der Waals surface area contributed by atoms with Gasteiger partial charge in [0.25, 0.3) is 0 Å². The van der Waals surface area contributed by atoms with Crippen molar-refractivity contribution >= 4 is 5.78 Å². The van der Waals surface area contributed by atoms with Crippen LogP contribution in [0.25, 0.3) is 0 Å². The van der Waals surface area contributed by atoms with Crippen LogP contribution in [0.4, 0.5) is 0 Å². The molecule has 1 aliphatic heterocycles. The van der Waals surface area contributed by atoms with Crippen LogP contribution in [0.15, 0.2) is 18.2 Å². The van der Waals surface area contributed by atoms with Crippen LogP contribution in [0.2, 0.25) is 0 Å². The van der Waals surface area contributed by atoms with Gasteiger partial charge in [-0.05, 0) is 38.0 Å². The van der Waals surface area contributed by atoms with Gasteiger partial charge in [-0.25, -0.2) is 0 Å². The average Bonchev–Trinajstić information content (AvgIpc) is 2.41. The van der Waals surface area contributed by atoms with Crippen LogP contribution < -0.4 is 4.74 Å². The van der Waals surface area contributed by atoms with E-state index in [1.807, 2.05) is 32.0 Å². The van der Waals surface area contributed by atoms with Gasteiger partial charge in [0, 0.05) is 5.56 Å². The highest BCUT2D eigenvalue weighted by Gasteiger charge is 2.16. The summed E-state index contributed by atoms with van der Waals surface area (Å²) in [5.41, 5.74) is 1.80. The number of ketones is 1. The Hall–Kier alpha value is -1.35. The Kier molecular flexibility index (Phi) is 3.25. The normalized spacial score (nSPS) is 15.8. The Bertz CT molecular complexity index is 396. The van der Waals surface area contributed by atoms with Gasteiger partial charge in [0.15, 0.2) is 5.78 Å². The first-order valence-electron chi connectivity index (χ1n) is 5.57. The summed E-state index contributed by atoms with van der Waals surface area (Å²) in [6.45, 7) is 4.73. The predicted octanol–water partition coefficient (Wildman–Crippen LogP) is 2.23. The Morgan fingerprint density at radius 3 is 2.94 bits per heavy atom. The predicted molar refractivity (Wildman–Crippen MR) is 61.1 cm³/mol. The highest BCUT2D eigenvalue weighted by molar-refractivity contribution is 5.99. The second-order valence-corrected chi connectivity index (χ2v) is 4.21. The molecule has 0 N–H and O–H groups in total. The van der Waals surface area contributed by atoms with E-state index >= 15 is 0 Å². The third kappa shape index (κ3) is 2.42. The maximum absolute atomic E-state index is 11.8. The van der Waals surface area contributed by atoms with Crippen molar-refractivity contribution in [3.8, 4) is 5.75 Å². The zero-order chi connectivity index (χ0) is 11.5. The summed E-state index contributed by atoms with van der Waals surface area (Å²) < 4.78 is 10.8. The molecule has 0 amide bonds. The third-order valence-electron chi connectivity index (χ3n) is 2.50. The largest absolute Gasteiger partial charge is 0.491 e. The fourth-order valence-corrected chi connectivity index (χ4v) is 1.80. The van der Waals surface area contributed by atoms with Crippen molar-refractivity contribution in [3.63, 3.8) is 0 Å². The van der Waals surface area contributed by atoms with Crippen LogP contribution in [-0.2, 0) is 11.2 Å². The first-order chi connectivity index (χ1) is 7.66. The molecule has 86 valence electrons. The molecule has 0 unspecified atom stereocenters. The van der Waals surface area contributed by atoms with E-state index in [0.717, 1.165) is 23.3 Å². The monoisotopic (exact) mass is 220 g/mol. The second kappa shape index (κ2) is 4.66. The van der Waals surface area contributed by atoms with Gasteiger partial charge in [0.05, 0.1) is 12.7 Å². The summed E-state index contributed by atoms with van der Waals surface area (Å²) in [6, 6.07) is 5.70. The zero-order valence-corrected chi connectivity index (χ0v) is 9.66. The Balaban J connectivity index is 2.31. The second-order valence-electron chi connectivity index (χ2n) is 4.21. The minimum atomic E-state index is 0.0432. The summed E-state index contributed by atoms with van der Waals surface area (Å²) in [5.74, 6) is 0.797. The zero-order valence-electron chi connectivity index (χ0n) is 9.66. The molecule has 0 saturated heterocycles. The van der Waals surface area contributed by atoms with Gasteiger partial charge >= 0.3 is 0 Å². The van der Waals surface area contributed by atoms with Crippen LogP contribution in [0, 0.1) is 0 Å². The van der Waals surface area contributed by atoms with Crippen molar-refractivity contribution in [1.82, 2.24) is 0 Å². The summed E-state index contributed by atoms with van der Waals surface area (Å²) >= 11 is 0. The standard InChI is InChI=1S/C13H16O3/c1-9(2)16-11-4-3-10-5-6-15-8-13(14)12(10)7-11/h3-4,7,9H,5-6,8H2,1-2H3. The van der Waals surface area contributed by atoms with Gasteiger partial charge in [-0.15, -0.1) is 0 Å². The maximum atomic E-state index is 11.8. The van der Waals surface area contributed by atoms with E-state index < -0.39 is 0 Å². The molecule has 0 fully saturated rings. The van der Waals surface area contributed by atoms with Crippen molar-refractivity contribution in [2.75, 3.05) is 13.2 Å². The number of carbonyl (C=O) groups excluding carboxylic acids is 1. The average molecular weight is 220 g/mol. The smallest absolute Gasteiger partial charge is 0.188 e. The number of hydrogen-bond donors (Lipinski definition) is 0. The number of hydrogen-bond acceptors (Lipinski definition) is 3. The molecule has 1 aromatic rings. The summed E-state index contributed by atoms with van der Waals surface area (Å²) in [4.78, 5) is 11.8.